The van der Waals surface area contributed by atoms with Crippen molar-refractivity contribution in [1.82, 2.24) is 8.75 Å². The summed E-state index contributed by atoms with van der Waals surface area (Å²) in [5, 5.41) is 2.88. The molecule has 0 unspecified atom stereocenters. The number of rotatable bonds is 3. The number of benzene rings is 2. The number of hydrogen-bond acceptors (Lipinski definition) is 4. The van der Waals surface area contributed by atoms with E-state index >= 15 is 0 Å². The molecule has 1 N–H and O–H groups in total. The molecule has 0 aliphatic heterocycles. The minimum atomic E-state index is -0.0494. The predicted molar refractivity (Wildman–Crippen MR) is 76.2 cm³/mol. The first-order valence-corrected chi connectivity index (χ1v) is 6.61. The fourth-order valence-electron chi connectivity index (χ4n) is 1.88. The lowest BCUT2D eigenvalue weighted by atomic mass is 10.1. The molecule has 1 heterocycles. The molecule has 0 spiro atoms. The minimum Gasteiger partial charge on any atom is -0.324 e. The van der Waals surface area contributed by atoms with Gasteiger partial charge in [-0.3, -0.25) is 4.79 Å². The van der Waals surface area contributed by atoms with Crippen LogP contribution in [0.1, 0.15) is 5.56 Å². The third kappa shape index (κ3) is 2.61. The molecule has 0 atom stereocenters. The highest BCUT2D eigenvalue weighted by Gasteiger charge is 2.08. The molecule has 3 aromatic rings. The van der Waals surface area contributed by atoms with E-state index in [1.54, 1.807) is 0 Å². The monoisotopic (exact) mass is 269 g/mol. The van der Waals surface area contributed by atoms with Gasteiger partial charge in [0.05, 0.1) is 23.8 Å². The van der Waals surface area contributed by atoms with Crippen LogP contribution in [0.5, 0.6) is 0 Å². The van der Waals surface area contributed by atoms with E-state index in [1.807, 2.05) is 48.5 Å². The zero-order valence-electron chi connectivity index (χ0n) is 10.0. The third-order valence-corrected chi connectivity index (χ3v) is 3.31. The van der Waals surface area contributed by atoms with Crippen LogP contribution in [0.3, 0.4) is 0 Å². The van der Waals surface area contributed by atoms with E-state index in [0.717, 1.165) is 28.3 Å². The summed E-state index contributed by atoms with van der Waals surface area (Å²) in [6, 6.07) is 15.2. The highest BCUT2D eigenvalue weighted by atomic mass is 32.1. The van der Waals surface area contributed by atoms with Gasteiger partial charge in [0, 0.05) is 0 Å². The van der Waals surface area contributed by atoms with Crippen molar-refractivity contribution in [2.24, 2.45) is 0 Å². The molecule has 4 nitrogen and oxygen atoms in total. The second-order valence-corrected chi connectivity index (χ2v) is 4.68. The van der Waals surface area contributed by atoms with Crippen LogP contribution in [-0.2, 0) is 11.2 Å². The summed E-state index contributed by atoms with van der Waals surface area (Å²) >= 11 is 1.15. The van der Waals surface area contributed by atoms with E-state index in [9.17, 15) is 4.79 Å². The van der Waals surface area contributed by atoms with E-state index < -0.39 is 0 Å². The van der Waals surface area contributed by atoms with Gasteiger partial charge in [0.25, 0.3) is 0 Å². The van der Waals surface area contributed by atoms with Crippen LogP contribution in [0.15, 0.2) is 48.5 Å². The van der Waals surface area contributed by atoms with Gasteiger partial charge in [-0.1, -0.05) is 36.4 Å². The maximum atomic E-state index is 12.0. The standard InChI is InChI=1S/C14H11N3OS/c18-13(9-10-5-2-1-3-6-10)15-11-7-4-8-12-14(11)17-19-16-12/h1-8H,9H2,(H,15,18). The van der Waals surface area contributed by atoms with Crippen LogP contribution < -0.4 is 5.32 Å². The van der Waals surface area contributed by atoms with Gasteiger partial charge in [-0.05, 0) is 17.7 Å². The Morgan fingerprint density at radius 2 is 1.89 bits per heavy atom. The lowest BCUT2D eigenvalue weighted by molar-refractivity contribution is -0.115. The van der Waals surface area contributed by atoms with Crippen molar-refractivity contribution in [1.29, 1.82) is 0 Å². The van der Waals surface area contributed by atoms with Crippen LogP contribution in [0.2, 0.25) is 0 Å². The zero-order valence-corrected chi connectivity index (χ0v) is 10.9. The van der Waals surface area contributed by atoms with Crippen molar-refractivity contribution in [3.05, 3.63) is 54.1 Å². The van der Waals surface area contributed by atoms with Crippen molar-refractivity contribution in [2.75, 3.05) is 5.32 Å². The quantitative estimate of drug-likeness (QED) is 0.795. The lowest BCUT2D eigenvalue weighted by Gasteiger charge is -2.05. The molecule has 0 bridgehead atoms. The van der Waals surface area contributed by atoms with E-state index in [4.69, 9.17) is 0 Å². The molecular weight excluding hydrogens is 258 g/mol. The molecule has 1 aromatic heterocycles. The molecule has 0 saturated carbocycles. The molecule has 0 radical (unpaired) electrons. The first-order valence-electron chi connectivity index (χ1n) is 5.88. The number of amides is 1. The van der Waals surface area contributed by atoms with Crippen LogP contribution >= 0.6 is 11.7 Å². The molecule has 0 saturated heterocycles. The smallest absolute Gasteiger partial charge is 0.228 e. The molecule has 0 aliphatic carbocycles. The van der Waals surface area contributed by atoms with Gasteiger partial charge in [0.2, 0.25) is 5.91 Å². The Balaban J connectivity index is 1.78. The maximum absolute atomic E-state index is 12.0. The fourth-order valence-corrected chi connectivity index (χ4v) is 2.43. The Bertz CT molecular complexity index is 709. The van der Waals surface area contributed by atoms with Crippen molar-refractivity contribution in [2.45, 2.75) is 6.42 Å². The van der Waals surface area contributed by atoms with Gasteiger partial charge in [-0.2, -0.15) is 8.75 Å². The maximum Gasteiger partial charge on any atom is 0.228 e. The number of hydrogen-bond donors (Lipinski definition) is 1. The summed E-state index contributed by atoms with van der Waals surface area (Å²) in [5.41, 5.74) is 3.26. The SMILES string of the molecule is O=C(Cc1ccccc1)Nc1cccc2nsnc12. The molecule has 2 aromatic carbocycles. The summed E-state index contributed by atoms with van der Waals surface area (Å²) < 4.78 is 8.34. The van der Waals surface area contributed by atoms with E-state index in [0.29, 0.717) is 12.1 Å². The molecule has 0 aliphatic rings. The van der Waals surface area contributed by atoms with Gasteiger partial charge in [-0.25, -0.2) is 0 Å². The van der Waals surface area contributed by atoms with Gasteiger partial charge >= 0.3 is 0 Å². The number of anilines is 1. The van der Waals surface area contributed by atoms with Crippen LogP contribution in [0, 0.1) is 0 Å². The Hall–Kier alpha value is -2.27. The van der Waals surface area contributed by atoms with Crippen molar-refractivity contribution < 1.29 is 4.79 Å². The number of nitrogens with zero attached hydrogens (tertiary/aromatic N) is 2. The van der Waals surface area contributed by atoms with E-state index in [1.165, 1.54) is 0 Å². The number of carbonyl (C=O) groups is 1. The van der Waals surface area contributed by atoms with E-state index in [-0.39, 0.29) is 5.91 Å². The average Bonchev–Trinajstić information content (AvgIpc) is 2.89. The van der Waals surface area contributed by atoms with E-state index in [2.05, 4.69) is 14.1 Å². The second kappa shape index (κ2) is 5.16. The summed E-state index contributed by atoms with van der Waals surface area (Å²) in [7, 11) is 0. The number of aromatic nitrogens is 2. The summed E-state index contributed by atoms with van der Waals surface area (Å²) in [5.74, 6) is -0.0494. The molecule has 5 heteroatoms. The number of fused-ring (bicyclic) bond motifs is 1. The van der Waals surface area contributed by atoms with Crippen molar-refractivity contribution in [3.63, 3.8) is 0 Å². The zero-order chi connectivity index (χ0) is 13.1. The lowest BCUT2D eigenvalue weighted by Crippen LogP contribution is -2.14. The Kier molecular flexibility index (Phi) is 3.20. The largest absolute Gasteiger partial charge is 0.324 e. The molecule has 0 fully saturated rings. The molecule has 94 valence electrons. The normalized spacial score (nSPS) is 10.5. The predicted octanol–water partition coefficient (Wildman–Crippen LogP) is 2.87. The number of carbonyl (C=O) groups excluding carboxylic acids is 1. The average molecular weight is 269 g/mol. The van der Waals surface area contributed by atoms with Crippen LogP contribution in [-0.4, -0.2) is 14.7 Å². The second-order valence-electron chi connectivity index (χ2n) is 4.15. The highest BCUT2D eigenvalue weighted by Crippen LogP contribution is 2.21. The van der Waals surface area contributed by atoms with Crippen LogP contribution in [0.4, 0.5) is 5.69 Å². The molecule has 1 amide bonds. The van der Waals surface area contributed by atoms with Gasteiger partial charge in [0.1, 0.15) is 11.0 Å². The first-order chi connectivity index (χ1) is 9.33. The minimum absolute atomic E-state index is 0.0494. The van der Waals surface area contributed by atoms with Gasteiger partial charge in [0.15, 0.2) is 0 Å². The fraction of sp³-hybridized carbons (Fsp3) is 0.0714. The van der Waals surface area contributed by atoms with Gasteiger partial charge in [-0.15, -0.1) is 0 Å². The summed E-state index contributed by atoms with van der Waals surface area (Å²) in [4.78, 5) is 12.0. The summed E-state index contributed by atoms with van der Waals surface area (Å²) in [6.45, 7) is 0. The molecule has 3 rings (SSSR count). The molecular formula is C14H11N3OS. The Labute approximate surface area is 114 Å². The van der Waals surface area contributed by atoms with Gasteiger partial charge < -0.3 is 5.32 Å². The highest BCUT2D eigenvalue weighted by molar-refractivity contribution is 7.00. The Morgan fingerprint density at radius 3 is 2.74 bits per heavy atom. The third-order valence-electron chi connectivity index (χ3n) is 2.77. The first kappa shape index (κ1) is 11.8. The Morgan fingerprint density at radius 1 is 1.05 bits per heavy atom. The van der Waals surface area contributed by atoms with Crippen molar-refractivity contribution >= 4 is 34.4 Å². The number of nitrogens with one attached hydrogen (secondary N) is 1. The molecule has 19 heavy (non-hydrogen) atoms. The topological polar surface area (TPSA) is 54.9 Å². The van der Waals surface area contributed by atoms with Crippen molar-refractivity contribution in [3.8, 4) is 0 Å². The summed E-state index contributed by atoms with van der Waals surface area (Å²) in [6.07, 6.45) is 0.356. The van der Waals surface area contributed by atoms with Crippen LogP contribution in [0.25, 0.3) is 11.0 Å².